The van der Waals surface area contributed by atoms with E-state index in [2.05, 4.69) is 56.1 Å². The lowest BCUT2D eigenvalue weighted by molar-refractivity contribution is 0.304. The van der Waals surface area contributed by atoms with Crippen LogP contribution in [0.2, 0.25) is 0 Å². The third-order valence-electron chi connectivity index (χ3n) is 4.97. The van der Waals surface area contributed by atoms with Crippen LogP contribution in [0.3, 0.4) is 0 Å². The van der Waals surface area contributed by atoms with Crippen molar-refractivity contribution in [3.63, 3.8) is 0 Å². The zero-order valence-corrected chi connectivity index (χ0v) is 16.1. The lowest BCUT2D eigenvalue weighted by Gasteiger charge is -2.28. The van der Waals surface area contributed by atoms with Gasteiger partial charge in [-0.2, -0.15) is 0 Å². The van der Waals surface area contributed by atoms with Crippen molar-refractivity contribution in [1.82, 2.24) is 24.8 Å². The third kappa shape index (κ3) is 3.45. The molecule has 3 aromatic rings. The Morgan fingerprint density at radius 3 is 2.67 bits per heavy atom. The van der Waals surface area contributed by atoms with Gasteiger partial charge in [-0.05, 0) is 55.0 Å². The molecular formula is C21H23N5S. The van der Waals surface area contributed by atoms with E-state index in [-0.39, 0.29) is 12.1 Å². The Labute approximate surface area is 165 Å². The highest BCUT2D eigenvalue weighted by molar-refractivity contribution is 7.80. The molecule has 0 aromatic carbocycles. The molecule has 0 bridgehead atoms. The van der Waals surface area contributed by atoms with E-state index in [4.69, 9.17) is 12.2 Å². The molecule has 1 aliphatic rings. The summed E-state index contributed by atoms with van der Waals surface area (Å²) >= 11 is 5.71. The van der Waals surface area contributed by atoms with Gasteiger partial charge in [-0.3, -0.25) is 9.97 Å². The third-order valence-corrected chi connectivity index (χ3v) is 5.33. The summed E-state index contributed by atoms with van der Waals surface area (Å²) in [6.45, 7) is 3.13. The maximum absolute atomic E-state index is 5.71. The predicted molar refractivity (Wildman–Crippen MR) is 111 cm³/mol. The van der Waals surface area contributed by atoms with Crippen molar-refractivity contribution >= 4 is 17.3 Å². The van der Waals surface area contributed by atoms with Crippen LogP contribution in [0, 0.1) is 0 Å². The van der Waals surface area contributed by atoms with Crippen LogP contribution in [0.5, 0.6) is 0 Å². The molecule has 0 saturated carbocycles. The fraction of sp³-hybridized carbons (Fsp3) is 0.286. The van der Waals surface area contributed by atoms with Crippen LogP contribution in [-0.2, 0) is 0 Å². The molecule has 4 rings (SSSR count). The van der Waals surface area contributed by atoms with Gasteiger partial charge in [0.15, 0.2) is 5.11 Å². The van der Waals surface area contributed by atoms with Gasteiger partial charge in [-0.25, -0.2) is 0 Å². The number of rotatable bonds is 6. The smallest absolute Gasteiger partial charge is 0.170 e. The molecule has 0 amide bonds. The summed E-state index contributed by atoms with van der Waals surface area (Å²) in [5, 5.41) is 4.31. The van der Waals surface area contributed by atoms with E-state index >= 15 is 0 Å². The zero-order chi connectivity index (χ0) is 18.6. The van der Waals surface area contributed by atoms with E-state index in [9.17, 15) is 0 Å². The van der Waals surface area contributed by atoms with Gasteiger partial charge in [-0.1, -0.05) is 19.4 Å². The lowest BCUT2D eigenvalue weighted by Crippen LogP contribution is -2.31. The van der Waals surface area contributed by atoms with Gasteiger partial charge in [0.05, 0.1) is 17.8 Å². The topological polar surface area (TPSA) is 46.0 Å². The predicted octanol–water partition coefficient (Wildman–Crippen LogP) is 4.04. The van der Waals surface area contributed by atoms with Gasteiger partial charge >= 0.3 is 0 Å². The van der Waals surface area contributed by atoms with E-state index < -0.39 is 0 Å². The SMILES string of the molecule is CCCCN1C(=S)NC(c2ccccn2)C1c1cccn1-c1ccncc1. The Hall–Kier alpha value is -2.73. The van der Waals surface area contributed by atoms with Crippen LogP contribution in [-0.4, -0.2) is 31.1 Å². The monoisotopic (exact) mass is 377 g/mol. The molecule has 1 fully saturated rings. The second-order valence-electron chi connectivity index (χ2n) is 6.68. The molecule has 0 spiro atoms. The molecule has 2 unspecified atom stereocenters. The Balaban J connectivity index is 1.78. The normalized spacial score (nSPS) is 19.3. The standard InChI is InChI=1S/C21H23N5S/c1-2-3-14-26-20(19(24-21(26)27)17-7-4-5-11-23-17)18-8-6-15-25(18)16-9-12-22-13-10-16/h4-13,15,19-20H,2-3,14H2,1H3,(H,24,27). The van der Waals surface area contributed by atoms with Crippen molar-refractivity contribution in [3.05, 3.63) is 78.6 Å². The van der Waals surface area contributed by atoms with Gasteiger partial charge in [0.1, 0.15) is 0 Å². The Morgan fingerprint density at radius 1 is 1.07 bits per heavy atom. The first-order chi connectivity index (χ1) is 13.3. The van der Waals surface area contributed by atoms with Gasteiger partial charge < -0.3 is 14.8 Å². The highest BCUT2D eigenvalue weighted by Crippen LogP contribution is 2.39. The number of aromatic nitrogens is 3. The first-order valence-corrected chi connectivity index (χ1v) is 9.76. The molecule has 1 N–H and O–H groups in total. The summed E-state index contributed by atoms with van der Waals surface area (Å²) in [5.41, 5.74) is 3.30. The van der Waals surface area contributed by atoms with Crippen LogP contribution < -0.4 is 5.32 Å². The average molecular weight is 378 g/mol. The summed E-state index contributed by atoms with van der Waals surface area (Å²) < 4.78 is 2.22. The first-order valence-electron chi connectivity index (χ1n) is 9.35. The minimum atomic E-state index is 0.0195. The minimum absolute atomic E-state index is 0.0195. The van der Waals surface area contributed by atoms with Crippen LogP contribution in [0.25, 0.3) is 5.69 Å². The number of nitrogens with one attached hydrogen (secondary N) is 1. The number of thiocarbonyl (C=S) groups is 1. The summed E-state index contributed by atoms with van der Waals surface area (Å²) in [6, 6.07) is 14.5. The summed E-state index contributed by atoms with van der Waals surface area (Å²) in [4.78, 5) is 11.1. The summed E-state index contributed by atoms with van der Waals surface area (Å²) in [7, 11) is 0. The molecule has 2 atom stereocenters. The van der Waals surface area contributed by atoms with E-state index in [0.29, 0.717) is 0 Å². The molecule has 1 saturated heterocycles. The molecule has 138 valence electrons. The summed E-state index contributed by atoms with van der Waals surface area (Å²) in [6.07, 6.45) is 9.81. The lowest BCUT2D eigenvalue weighted by atomic mass is 10.0. The van der Waals surface area contributed by atoms with Crippen LogP contribution in [0.15, 0.2) is 67.3 Å². The Kier molecular flexibility index (Phi) is 5.16. The largest absolute Gasteiger partial charge is 0.352 e. The van der Waals surface area contributed by atoms with Gasteiger partial charge in [-0.15, -0.1) is 0 Å². The quantitative estimate of drug-likeness (QED) is 0.657. The second kappa shape index (κ2) is 7.88. The van der Waals surface area contributed by atoms with Gasteiger partial charge in [0.2, 0.25) is 0 Å². The van der Waals surface area contributed by atoms with E-state index in [1.165, 1.54) is 5.69 Å². The number of pyridine rings is 2. The zero-order valence-electron chi connectivity index (χ0n) is 15.3. The van der Waals surface area contributed by atoms with Crippen molar-refractivity contribution in [2.24, 2.45) is 0 Å². The van der Waals surface area contributed by atoms with Gasteiger partial charge in [0, 0.05) is 42.7 Å². The first kappa shape index (κ1) is 17.7. The number of hydrogen-bond donors (Lipinski definition) is 1. The Morgan fingerprint density at radius 2 is 1.93 bits per heavy atom. The molecule has 3 aromatic heterocycles. The van der Waals surface area contributed by atoms with Gasteiger partial charge in [0.25, 0.3) is 0 Å². The summed E-state index contributed by atoms with van der Waals surface area (Å²) in [5.74, 6) is 0. The fourth-order valence-electron chi connectivity index (χ4n) is 3.67. The van der Waals surface area contributed by atoms with Crippen LogP contribution in [0.4, 0.5) is 0 Å². The molecule has 0 aliphatic carbocycles. The van der Waals surface area contributed by atoms with Crippen molar-refractivity contribution in [2.75, 3.05) is 6.54 Å². The highest BCUT2D eigenvalue weighted by Gasteiger charge is 2.40. The highest BCUT2D eigenvalue weighted by atomic mass is 32.1. The Bertz CT molecular complexity index is 893. The molecule has 4 heterocycles. The van der Waals surface area contributed by atoms with E-state index in [1.807, 2.05) is 42.9 Å². The van der Waals surface area contributed by atoms with E-state index in [1.54, 1.807) is 0 Å². The molecular weight excluding hydrogens is 354 g/mol. The average Bonchev–Trinajstić information content (AvgIpc) is 3.32. The second-order valence-corrected chi connectivity index (χ2v) is 7.07. The van der Waals surface area contributed by atoms with Crippen LogP contribution >= 0.6 is 12.2 Å². The molecule has 27 heavy (non-hydrogen) atoms. The van der Waals surface area contributed by atoms with E-state index in [0.717, 1.165) is 35.9 Å². The van der Waals surface area contributed by atoms with Crippen molar-refractivity contribution in [3.8, 4) is 5.69 Å². The van der Waals surface area contributed by atoms with Crippen LogP contribution in [0.1, 0.15) is 43.2 Å². The maximum Gasteiger partial charge on any atom is 0.170 e. The fourth-order valence-corrected chi connectivity index (χ4v) is 4.00. The van der Waals surface area contributed by atoms with Crippen molar-refractivity contribution < 1.29 is 0 Å². The number of unbranched alkanes of at least 4 members (excludes halogenated alkanes) is 1. The maximum atomic E-state index is 5.71. The molecule has 6 heteroatoms. The molecule has 1 aliphatic heterocycles. The van der Waals surface area contributed by atoms with Crippen molar-refractivity contribution in [1.29, 1.82) is 0 Å². The van der Waals surface area contributed by atoms with Crippen molar-refractivity contribution in [2.45, 2.75) is 31.8 Å². The minimum Gasteiger partial charge on any atom is -0.352 e. The number of hydrogen-bond acceptors (Lipinski definition) is 3. The molecule has 5 nitrogen and oxygen atoms in total. The molecule has 0 radical (unpaired) electrons. The number of nitrogens with zero attached hydrogens (tertiary/aromatic N) is 4.